The number of hydrogen-bond acceptors (Lipinski definition) is 4. The van der Waals surface area contributed by atoms with Crippen molar-refractivity contribution >= 4 is 25.4 Å². The van der Waals surface area contributed by atoms with E-state index < -0.39 is 19.4 Å². The molecule has 0 saturated heterocycles. The summed E-state index contributed by atoms with van der Waals surface area (Å²) in [6, 6.07) is 0. The van der Waals surface area contributed by atoms with Gasteiger partial charge in [-0.2, -0.15) is 0 Å². The maximum Gasteiger partial charge on any atom is 0.469 e. The number of carbonyl (C=O) groups is 1. The summed E-state index contributed by atoms with van der Waals surface area (Å²) in [5.41, 5.74) is -0.993. The molecule has 0 aliphatic rings. The van der Waals surface area contributed by atoms with Gasteiger partial charge >= 0.3 is 13.8 Å². The van der Waals surface area contributed by atoms with Crippen molar-refractivity contribution in [3.63, 3.8) is 0 Å². The predicted octanol–water partition coefficient (Wildman–Crippen LogP) is 0.780. The minimum absolute atomic E-state index is 0.0216. The second-order valence-corrected chi connectivity index (χ2v) is 3.89. The summed E-state index contributed by atoms with van der Waals surface area (Å²) in [7, 11) is -4.48. The van der Waals surface area contributed by atoms with Crippen LogP contribution in [0.5, 0.6) is 0 Å². The third-order valence-electron chi connectivity index (χ3n) is 1.01. The van der Waals surface area contributed by atoms with Crippen molar-refractivity contribution < 1.29 is 28.4 Å². The van der Waals surface area contributed by atoms with Crippen LogP contribution in [0.1, 0.15) is 6.42 Å². The molecule has 0 aromatic rings. The number of rotatable bonds is 6. The fraction of sp³-hybridized carbons (Fsp3) is 0.500. The summed E-state index contributed by atoms with van der Waals surface area (Å²) < 4.78 is 18.8. The van der Waals surface area contributed by atoms with Crippen LogP contribution in [0.15, 0.2) is 12.7 Å². The lowest BCUT2D eigenvalue weighted by atomic mass is 10.5. The first-order valence-electron chi connectivity index (χ1n) is 3.52. The Morgan fingerprint density at radius 3 is 2.64 bits per heavy atom. The van der Waals surface area contributed by atoms with E-state index in [2.05, 4.69) is 15.8 Å². The van der Waals surface area contributed by atoms with Gasteiger partial charge in [-0.1, -0.05) is 18.2 Å². The van der Waals surface area contributed by atoms with Crippen molar-refractivity contribution in [2.24, 2.45) is 0 Å². The van der Waals surface area contributed by atoms with Crippen LogP contribution in [0.2, 0.25) is 0 Å². The molecule has 0 radical (unpaired) electrons. The minimum Gasteiger partial charge on any atom is -0.443 e. The normalized spacial score (nSPS) is 13.4. The number of phosphoric ester groups is 1. The second-order valence-electron chi connectivity index (χ2n) is 2.16. The third kappa shape index (κ3) is 8.22. The van der Waals surface area contributed by atoms with E-state index in [1.165, 1.54) is 0 Å². The van der Waals surface area contributed by atoms with Gasteiger partial charge in [0, 0.05) is 12.5 Å². The smallest absolute Gasteiger partial charge is 0.443 e. The first-order valence-corrected chi connectivity index (χ1v) is 5.49. The monoisotopic (exact) mass is 244 g/mol. The molecule has 8 heteroatoms. The molecule has 1 atom stereocenters. The van der Waals surface area contributed by atoms with Gasteiger partial charge in [-0.3, -0.25) is 4.52 Å². The van der Waals surface area contributed by atoms with Gasteiger partial charge in [-0.25, -0.2) is 9.36 Å². The topological polar surface area (TPSA) is 93.1 Å². The highest BCUT2D eigenvalue weighted by Gasteiger charge is 2.15. The molecule has 0 aliphatic carbocycles. The Kier molecular flexibility index (Phi) is 5.99. The molecular weight excluding hydrogens is 234 g/mol. The summed E-state index contributed by atoms with van der Waals surface area (Å²) in [4.78, 5) is 27.1. The summed E-state index contributed by atoms with van der Waals surface area (Å²) in [6.07, 6.45) is 0.908. The van der Waals surface area contributed by atoms with Crippen molar-refractivity contribution in [3.8, 4) is 0 Å². The van der Waals surface area contributed by atoms with Gasteiger partial charge in [0.05, 0.1) is 6.61 Å². The Balaban J connectivity index is 3.64. The molecule has 1 unspecified atom stereocenters. The van der Waals surface area contributed by atoms with Crippen LogP contribution in [-0.2, 0) is 18.6 Å². The van der Waals surface area contributed by atoms with Crippen LogP contribution >= 0.6 is 19.4 Å². The zero-order valence-corrected chi connectivity index (χ0v) is 8.78. The summed E-state index contributed by atoms with van der Waals surface area (Å²) in [5.74, 6) is -0.707. The quantitative estimate of drug-likeness (QED) is 0.310. The summed E-state index contributed by atoms with van der Waals surface area (Å²) in [6.45, 7) is 2.84. The van der Waals surface area contributed by atoms with E-state index in [0.717, 1.165) is 6.08 Å². The molecule has 0 aromatic carbocycles. The molecule has 0 spiro atoms. The predicted molar refractivity (Wildman–Crippen MR) is 48.5 cm³/mol. The molecule has 0 aliphatic heterocycles. The minimum atomic E-state index is -4.48. The van der Waals surface area contributed by atoms with Crippen LogP contribution in [0.4, 0.5) is 0 Å². The standard InChI is InChI=1S/C6H10ClO6P/c1-2-6(8)13-5(7)3-4-12-14(9,10)11/h2,5H,1,3-4H2,(H2,9,10,11). The van der Waals surface area contributed by atoms with Gasteiger partial charge in [-0.15, -0.1) is 0 Å². The maximum atomic E-state index is 10.6. The average Bonchev–Trinajstić information content (AvgIpc) is 2.01. The van der Waals surface area contributed by atoms with E-state index in [0.29, 0.717) is 0 Å². The van der Waals surface area contributed by atoms with Crippen molar-refractivity contribution in [1.29, 1.82) is 0 Å². The molecule has 0 rings (SSSR count). The highest BCUT2D eigenvalue weighted by atomic mass is 35.5. The van der Waals surface area contributed by atoms with Crippen LogP contribution in [-0.4, -0.2) is 27.9 Å². The molecule has 0 amide bonds. The van der Waals surface area contributed by atoms with Crippen molar-refractivity contribution in [1.82, 2.24) is 0 Å². The van der Waals surface area contributed by atoms with Crippen LogP contribution < -0.4 is 0 Å². The first-order chi connectivity index (χ1) is 6.35. The Hall–Kier alpha value is -0.390. The van der Waals surface area contributed by atoms with Crippen molar-refractivity contribution in [3.05, 3.63) is 12.7 Å². The number of esters is 1. The highest BCUT2D eigenvalue weighted by molar-refractivity contribution is 7.46. The Labute approximate surface area is 85.7 Å². The number of alkyl halides is 1. The van der Waals surface area contributed by atoms with Gasteiger partial charge < -0.3 is 14.5 Å². The lowest BCUT2D eigenvalue weighted by Crippen LogP contribution is -2.12. The SMILES string of the molecule is C=CC(=O)OC(Cl)CCOP(=O)(O)O. The van der Waals surface area contributed by atoms with Gasteiger partial charge in [-0.05, 0) is 0 Å². The van der Waals surface area contributed by atoms with Gasteiger partial charge in [0.1, 0.15) is 0 Å². The number of halogens is 1. The third-order valence-corrected chi connectivity index (χ3v) is 1.84. The fourth-order valence-corrected chi connectivity index (χ4v) is 1.02. The van der Waals surface area contributed by atoms with Crippen molar-refractivity contribution in [2.45, 2.75) is 12.0 Å². The van der Waals surface area contributed by atoms with Crippen LogP contribution in [0.3, 0.4) is 0 Å². The number of hydrogen-bond donors (Lipinski definition) is 2. The van der Waals surface area contributed by atoms with E-state index in [1.54, 1.807) is 0 Å². The van der Waals surface area contributed by atoms with Gasteiger partial charge in [0.2, 0.25) is 0 Å². The molecule has 0 heterocycles. The van der Waals surface area contributed by atoms with E-state index >= 15 is 0 Å². The van der Waals surface area contributed by atoms with Crippen LogP contribution in [0, 0.1) is 0 Å². The summed E-state index contributed by atoms with van der Waals surface area (Å²) in [5, 5.41) is 0. The second kappa shape index (κ2) is 6.16. The Morgan fingerprint density at radius 2 is 2.21 bits per heavy atom. The largest absolute Gasteiger partial charge is 0.469 e. The molecule has 2 N–H and O–H groups in total. The van der Waals surface area contributed by atoms with E-state index in [1.807, 2.05) is 0 Å². The average molecular weight is 245 g/mol. The zero-order valence-electron chi connectivity index (χ0n) is 7.13. The van der Waals surface area contributed by atoms with Gasteiger partial charge in [0.25, 0.3) is 0 Å². The molecule has 6 nitrogen and oxygen atoms in total. The van der Waals surface area contributed by atoms with E-state index in [4.69, 9.17) is 21.4 Å². The Morgan fingerprint density at radius 1 is 1.64 bits per heavy atom. The van der Waals surface area contributed by atoms with E-state index in [-0.39, 0.29) is 13.0 Å². The van der Waals surface area contributed by atoms with Crippen LogP contribution in [0.25, 0.3) is 0 Å². The van der Waals surface area contributed by atoms with Gasteiger partial charge in [0.15, 0.2) is 5.56 Å². The number of carbonyl (C=O) groups excluding carboxylic acids is 1. The molecule has 0 fully saturated rings. The molecule has 0 bridgehead atoms. The zero-order chi connectivity index (χ0) is 11.2. The molecular formula is C6H10ClO6P. The lowest BCUT2D eigenvalue weighted by Gasteiger charge is -2.09. The molecule has 82 valence electrons. The fourth-order valence-electron chi connectivity index (χ4n) is 0.497. The van der Waals surface area contributed by atoms with Crippen molar-refractivity contribution in [2.75, 3.05) is 6.61 Å². The summed E-state index contributed by atoms with van der Waals surface area (Å²) >= 11 is 5.46. The highest BCUT2D eigenvalue weighted by Crippen LogP contribution is 2.35. The van der Waals surface area contributed by atoms with E-state index in [9.17, 15) is 9.36 Å². The Bertz CT molecular complexity index is 249. The maximum absolute atomic E-state index is 10.6. The molecule has 0 saturated carbocycles. The lowest BCUT2D eigenvalue weighted by molar-refractivity contribution is -0.139. The molecule has 0 aromatic heterocycles. The first kappa shape index (κ1) is 13.6. The molecule has 14 heavy (non-hydrogen) atoms. The number of ether oxygens (including phenoxy) is 1. The number of phosphoric acid groups is 1.